The Hall–Kier alpha value is -2.48. The molecule has 0 saturated carbocycles. The molecule has 1 aromatic heterocycles. The van der Waals surface area contributed by atoms with E-state index in [-0.39, 0.29) is 31.2 Å². The molecule has 1 N–H and O–H groups in total. The Bertz CT molecular complexity index is 630. The Morgan fingerprint density at radius 1 is 1.43 bits per heavy atom. The molecule has 0 amide bonds. The van der Waals surface area contributed by atoms with Gasteiger partial charge >= 0.3 is 5.97 Å². The van der Waals surface area contributed by atoms with Crippen molar-refractivity contribution in [3.63, 3.8) is 0 Å². The Balaban J connectivity index is 2.03. The summed E-state index contributed by atoms with van der Waals surface area (Å²) in [4.78, 5) is 11.0. The van der Waals surface area contributed by atoms with Crippen molar-refractivity contribution in [1.29, 1.82) is 0 Å². The fraction of sp³-hybridized carbons (Fsp3) is 0.308. The number of methoxy groups -OCH3 is 1. The number of hydrogen-bond donors (Lipinski definition) is 1. The molecule has 0 unspecified atom stereocenters. The van der Waals surface area contributed by atoms with E-state index in [1.807, 2.05) is 0 Å². The van der Waals surface area contributed by atoms with Crippen LogP contribution in [0.5, 0.6) is 5.75 Å². The molecule has 0 saturated heterocycles. The smallest absolute Gasteiger partial charge is 0.358 e. The van der Waals surface area contributed by atoms with Crippen molar-refractivity contribution < 1.29 is 23.8 Å². The molecule has 0 bridgehead atoms. The lowest BCUT2D eigenvalue weighted by Crippen LogP contribution is -2.14. The molecular weight excluding hydrogens is 281 g/mol. The first-order valence-corrected chi connectivity index (χ1v) is 6.15. The molecule has 8 heteroatoms. The minimum Gasteiger partial charge on any atom is -0.489 e. The van der Waals surface area contributed by atoms with E-state index in [2.05, 4.69) is 10.3 Å². The highest BCUT2D eigenvalue weighted by molar-refractivity contribution is 5.86. The van der Waals surface area contributed by atoms with Crippen LogP contribution in [0, 0.1) is 5.82 Å². The summed E-state index contributed by atoms with van der Waals surface area (Å²) in [5.74, 6) is -1.51. The largest absolute Gasteiger partial charge is 0.489 e. The van der Waals surface area contributed by atoms with E-state index in [0.717, 1.165) is 0 Å². The van der Waals surface area contributed by atoms with Crippen molar-refractivity contribution in [3.05, 3.63) is 41.5 Å². The maximum atomic E-state index is 13.4. The molecule has 112 valence electrons. The van der Waals surface area contributed by atoms with Crippen LogP contribution in [-0.2, 0) is 17.9 Å². The topological polar surface area (TPSA) is 86.5 Å². The number of nitrogens with zero attached hydrogens (tertiary/aromatic N) is 3. The van der Waals surface area contributed by atoms with Crippen LogP contribution < -0.4 is 4.74 Å². The van der Waals surface area contributed by atoms with Gasteiger partial charge in [-0.25, -0.2) is 13.9 Å². The van der Waals surface area contributed by atoms with Crippen LogP contribution in [0.1, 0.15) is 16.2 Å². The van der Waals surface area contributed by atoms with Gasteiger partial charge < -0.3 is 14.6 Å². The first-order chi connectivity index (χ1) is 10.1. The molecule has 0 spiro atoms. The normalized spacial score (nSPS) is 10.6. The first kappa shape index (κ1) is 14.9. The fourth-order valence-corrected chi connectivity index (χ4v) is 1.76. The highest BCUT2D eigenvalue weighted by Gasteiger charge is 2.18. The van der Waals surface area contributed by atoms with Gasteiger partial charge in [-0.2, -0.15) is 0 Å². The number of carboxylic acid groups (broad SMARTS) is 1. The van der Waals surface area contributed by atoms with Gasteiger partial charge in [-0.1, -0.05) is 17.3 Å². The maximum Gasteiger partial charge on any atom is 0.358 e. The number of rotatable bonds is 7. The third kappa shape index (κ3) is 3.54. The third-order valence-corrected chi connectivity index (χ3v) is 2.72. The molecule has 0 aliphatic carbocycles. The van der Waals surface area contributed by atoms with E-state index in [0.29, 0.717) is 5.69 Å². The van der Waals surface area contributed by atoms with Gasteiger partial charge in [0.15, 0.2) is 17.3 Å². The Labute approximate surface area is 119 Å². The molecule has 21 heavy (non-hydrogen) atoms. The number of aromatic carboxylic acids is 1. The lowest BCUT2D eigenvalue weighted by atomic mass is 10.3. The quantitative estimate of drug-likeness (QED) is 0.829. The summed E-state index contributed by atoms with van der Waals surface area (Å²) in [5.41, 5.74) is 0.171. The molecule has 2 aromatic rings. The van der Waals surface area contributed by atoms with E-state index < -0.39 is 11.8 Å². The van der Waals surface area contributed by atoms with Crippen LogP contribution in [0.4, 0.5) is 4.39 Å². The van der Waals surface area contributed by atoms with Crippen LogP contribution in [0.15, 0.2) is 24.3 Å². The van der Waals surface area contributed by atoms with E-state index in [4.69, 9.17) is 14.6 Å². The molecule has 0 radical (unpaired) electrons. The van der Waals surface area contributed by atoms with Crippen LogP contribution >= 0.6 is 0 Å². The van der Waals surface area contributed by atoms with Gasteiger partial charge in [0, 0.05) is 7.11 Å². The zero-order chi connectivity index (χ0) is 15.2. The van der Waals surface area contributed by atoms with E-state index in [1.165, 1.54) is 23.9 Å². The lowest BCUT2D eigenvalue weighted by molar-refractivity contribution is 0.0684. The molecule has 1 heterocycles. The molecular formula is C13H14FN3O4. The Kier molecular flexibility index (Phi) is 4.83. The Morgan fingerprint density at radius 2 is 2.19 bits per heavy atom. The Morgan fingerprint density at radius 3 is 2.86 bits per heavy atom. The average Bonchev–Trinajstić information content (AvgIpc) is 2.85. The second-order valence-corrected chi connectivity index (χ2v) is 4.12. The van der Waals surface area contributed by atoms with Crippen LogP contribution in [0.3, 0.4) is 0 Å². The van der Waals surface area contributed by atoms with Crippen molar-refractivity contribution in [3.8, 4) is 5.75 Å². The van der Waals surface area contributed by atoms with Crippen LogP contribution in [0.2, 0.25) is 0 Å². The van der Waals surface area contributed by atoms with Gasteiger partial charge in [0.1, 0.15) is 6.61 Å². The number of hydrogen-bond acceptors (Lipinski definition) is 5. The number of benzene rings is 1. The monoisotopic (exact) mass is 295 g/mol. The maximum absolute atomic E-state index is 13.4. The minimum absolute atomic E-state index is 0.0638. The van der Waals surface area contributed by atoms with E-state index in [1.54, 1.807) is 12.1 Å². The standard InChI is InChI=1S/C13H14FN3O4/c1-20-8-10-12(13(18)19)15-16-17(10)6-7-21-11-5-3-2-4-9(11)14/h2-5H,6-8H2,1H3,(H,18,19). The van der Waals surface area contributed by atoms with Gasteiger partial charge in [0.05, 0.1) is 18.8 Å². The summed E-state index contributed by atoms with van der Waals surface area (Å²) in [6, 6.07) is 6.03. The molecule has 0 fully saturated rings. The molecule has 2 rings (SSSR count). The van der Waals surface area contributed by atoms with Gasteiger partial charge in [0.2, 0.25) is 0 Å². The zero-order valence-corrected chi connectivity index (χ0v) is 11.3. The second-order valence-electron chi connectivity index (χ2n) is 4.12. The van der Waals surface area contributed by atoms with Crippen molar-refractivity contribution in [2.24, 2.45) is 0 Å². The summed E-state index contributed by atoms with van der Waals surface area (Å²) >= 11 is 0. The lowest BCUT2D eigenvalue weighted by Gasteiger charge is -2.09. The summed E-state index contributed by atoms with van der Waals surface area (Å²) in [7, 11) is 1.44. The van der Waals surface area contributed by atoms with Crippen molar-refractivity contribution in [2.45, 2.75) is 13.2 Å². The molecule has 7 nitrogen and oxygen atoms in total. The molecule has 0 aliphatic heterocycles. The third-order valence-electron chi connectivity index (χ3n) is 2.72. The van der Waals surface area contributed by atoms with Crippen LogP contribution in [-0.4, -0.2) is 39.8 Å². The predicted molar refractivity (Wildman–Crippen MR) is 69.6 cm³/mol. The van der Waals surface area contributed by atoms with E-state index >= 15 is 0 Å². The minimum atomic E-state index is -1.18. The molecule has 0 atom stereocenters. The fourth-order valence-electron chi connectivity index (χ4n) is 1.76. The number of carboxylic acids is 1. The van der Waals surface area contributed by atoms with Crippen molar-refractivity contribution in [2.75, 3.05) is 13.7 Å². The first-order valence-electron chi connectivity index (χ1n) is 6.15. The average molecular weight is 295 g/mol. The van der Waals surface area contributed by atoms with Crippen molar-refractivity contribution in [1.82, 2.24) is 15.0 Å². The van der Waals surface area contributed by atoms with Gasteiger partial charge in [-0.3, -0.25) is 0 Å². The van der Waals surface area contributed by atoms with Gasteiger partial charge in [-0.15, -0.1) is 5.10 Å². The van der Waals surface area contributed by atoms with Crippen LogP contribution in [0.25, 0.3) is 0 Å². The molecule has 1 aromatic carbocycles. The summed E-state index contributed by atoms with van der Waals surface area (Å²) in [6.07, 6.45) is 0. The molecule has 0 aliphatic rings. The number of para-hydroxylation sites is 1. The summed E-state index contributed by atoms with van der Waals surface area (Å²) in [5, 5.41) is 16.3. The SMILES string of the molecule is COCc1c(C(=O)O)nnn1CCOc1ccccc1F. The van der Waals surface area contributed by atoms with Gasteiger partial charge in [0.25, 0.3) is 0 Å². The van der Waals surface area contributed by atoms with Gasteiger partial charge in [-0.05, 0) is 12.1 Å². The number of aromatic nitrogens is 3. The highest BCUT2D eigenvalue weighted by atomic mass is 19.1. The van der Waals surface area contributed by atoms with Crippen molar-refractivity contribution >= 4 is 5.97 Å². The zero-order valence-electron chi connectivity index (χ0n) is 11.3. The number of ether oxygens (including phenoxy) is 2. The highest BCUT2D eigenvalue weighted by Crippen LogP contribution is 2.15. The van der Waals surface area contributed by atoms with E-state index in [9.17, 15) is 9.18 Å². The predicted octanol–water partition coefficient (Wildman–Crippen LogP) is 1.34. The summed E-state index contributed by atoms with van der Waals surface area (Å²) < 4.78 is 25.0. The number of halogens is 1. The number of carbonyl (C=O) groups is 1. The summed E-state index contributed by atoms with van der Waals surface area (Å²) in [6.45, 7) is 0.418. The second kappa shape index (κ2) is 6.80.